The molecule has 222 valence electrons. The van der Waals surface area contributed by atoms with Gasteiger partial charge in [0, 0.05) is 27.2 Å². The molecule has 44 heavy (non-hydrogen) atoms. The number of para-hydroxylation sites is 1. The molecule has 0 unspecified atom stereocenters. The molecule has 0 fully saturated rings. The third kappa shape index (κ3) is 5.84. The Morgan fingerprint density at radius 3 is 2.61 bits per heavy atom. The number of rotatable bonds is 7. The van der Waals surface area contributed by atoms with Gasteiger partial charge in [-0.3, -0.25) is 14.2 Å². The van der Waals surface area contributed by atoms with Gasteiger partial charge >= 0.3 is 5.97 Å². The number of esters is 1. The lowest BCUT2D eigenvalue weighted by Gasteiger charge is -2.24. The third-order valence-electron chi connectivity index (χ3n) is 6.82. The number of hydrogen-bond acceptors (Lipinski definition) is 8. The Balaban J connectivity index is 1.40. The van der Waals surface area contributed by atoms with Crippen LogP contribution in [0.1, 0.15) is 47.8 Å². The van der Waals surface area contributed by atoms with E-state index >= 15 is 0 Å². The summed E-state index contributed by atoms with van der Waals surface area (Å²) in [7, 11) is 0. The van der Waals surface area contributed by atoms with Crippen molar-refractivity contribution in [2.24, 2.45) is 4.99 Å². The van der Waals surface area contributed by atoms with Crippen LogP contribution >= 0.6 is 34.3 Å². The minimum absolute atomic E-state index is 0.296. The molecule has 8 nitrogen and oxygen atoms in total. The molecule has 1 N–H and O–H groups in total. The summed E-state index contributed by atoms with van der Waals surface area (Å²) >= 11 is 8.93. The molecule has 0 saturated heterocycles. The van der Waals surface area contributed by atoms with Crippen LogP contribution in [0.4, 0.5) is 5.69 Å². The third-order valence-corrected chi connectivity index (χ3v) is 8.96. The van der Waals surface area contributed by atoms with Crippen molar-refractivity contribution in [2.75, 3.05) is 5.32 Å². The van der Waals surface area contributed by atoms with Crippen LogP contribution in [0.2, 0.25) is 5.02 Å². The van der Waals surface area contributed by atoms with Gasteiger partial charge in [0.25, 0.3) is 11.5 Å². The molecule has 1 amide bonds. The summed E-state index contributed by atoms with van der Waals surface area (Å²) in [6.07, 6.45) is 1.34. The highest BCUT2D eigenvalue weighted by Gasteiger charge is 2.33. The molecule has 11 heteroatoms. The van der Waals surface area contributed by atoms with Gasteiger partial charge in [-0.25, -0.2) is 9.79 Å². The van der Waals surface area contributed by atoms with Gasteiger partial charge < -0.3 is 14.5 Å². The number of furan rings is 1. The van der Waals surface area contributed by atoms with E-state index in [1.54, 1.807) is 73.9 Å². The Bertz CT molecular complexity index is 2090. The summed E-state index contributed by atoms with van der Waals surface area (Å²) in [5, 5.41) is 5.30. The molecule has 3 aromatic heterocycles. The van der Waals surface area contributed by atoms with Gasteiger partial charge in [0.05, 0.1) is 27.5 Å². The number of nitrogens with one attached hydrogen (secondary N) is 1. The fraction of sp³-hybridized carbons (Fsp3) is 0.152. The van der Waals surface area contributed by atoms with Crippen LogP contribution in [0.15, 0.2) is 104 Å². The maximum Gasteiger partial charge on any atom is 0.339 e. The normalized spacial score (nSPS) is 14.8. The van der Waals surface area contributed by atoms with Crippen molar-refractivity contribution < 1.29 is 18.7 Å². The fourth-order valence-corrected chi connectivity index (χ4v) is 6.95. The van der Waals surface area contributed by atoms with Crippen LogP contribution in [0.3, 0.4) is 0 Å². The number of fused-ring (bicyclic) bond motifs is 1. The van der Waals surface area contributed by atoms with Crippen molar-refractivity contribution in [1.82, 2.24) is 4.57 Å². The molecule has 1 atom stereocenters. The number of halogens is 1. The lowest BCUT2D eigenvalue weighted by atomic mass is 10.0. The summed E-state index contributed by atoms with van der Waals surface area (Å²) in [4.78, 5) is 46.3. The van der Waals surface area contributed by atoms with Crippen LogP contribution in [0, 0.1) is 0 Å². The van der Waals surface area contributed by atoms with E-state index in [9.17, 15) is 14.4 Å². The molecule has 5 aromatic rings. The van der Waals surface area contributed by atoms with Gasteiger partial charge in [-0.05, 0) is 74.7 Å². The Hall–Kier alpha value is -4.51. The second-order valence-electron chi connectivity index (χ2n) is 10.3. The van der Waals surface area contributed by atoms with Crippen LogP contribution in [-0.4, -0.2) is 22.5 Å². The number of carbonyl (C=O) groups excluding carboxylic acids is 2. The molecule has 6 rings (SSSR count). The van der Waals surface area contributed by atoms with Crippen molar-refractivity contribution in [3.8, 4) is 11.3 Å². The molecule has 0 bridgehead atoms. The largest absolute Gasteiger partial charge is 0.459 e. The molecule has 1 aliphatic rings. The van der Waals surface area contributed by atoms with Crippen LogP contribution in [-0.2, 0) is 9.53 Å². The Morgan fingerprint density at radius 2 is 1.89 bits per heavy atom. The number of nitrogens with zero attached hydrogens (tertiary/aromatic N) is 2. The van der Waals surface area contributed by atoms with E-state index < -0.39 is 12.0 Å². The van der Waals surface area contributed by atoms with E-state index in [0.29, 0.717) is 54.0 Å². The number of aromatic nitrogens is 1. The maximum absolute atomic E-state index is 13.9. The van der Waals surface area contributed by atoms with Gasteiger partial charge in [0.1, 0.15) is 17.6 Å². The first-order valence-corrected chi connectivity index (χ1v) is 15.8. The molecule has 0 spiro atoms. The second-order valence-corrected chi connectivity index (χ2v) is 12.7. The average molecular weight is 644 g/mol. The van der Waals surface area contributed by atoms with Crippen molar-refractivity contribution in [2.45, 2.75) is 32.9 Å². The first kappa shape index (κ1) is 29.6. The molecule has 2 aromatic carbocycles. The minimum atomic E-state index is -0.648. The molecule has 0 saturated carbocycles. The quantitative estimate of drug-likeness (QED) is 0.206. The predicted molar refractivity (Wildman–Crippen MR) is 173 cm³/mol. The number of allylic oxidation sites excluding steroid dienone is 1. The molecular formula is C33H26ClN3O5S2. The van der Waals surface area contributed by atoms with Gasteiger partial charge in [-0.1, -0.05) is 47.2 Å². The van der Waals surface area contributed by atoms with Crippen molar-refractivity contribution in [3.63, 3.8) is 0 Å². The summed E-state index contributed by atoms with van der Waals surface area (Å²) in [6, 6.07) is 20.6. The average Bonchev–Trinajstić information content (AvgIpc) is 3.74. The zero-order valence-electron chi connectivity index (χ0n) is 23.9. The first-order valence-electron chi connectivity index (χ1n) is 13.7. The van der Waals surface area contributed by atoms with E-state index in [1.165, 1.54) is 22.7 Å². The smallest absolute Gasteiger partial charge is 0.339 e. The molecule has 0 aliphatic carbocycles. The van der Waals surface area contributed by atoms with E-state index in [2.05, 4.69) is 10.3 Å². The Morgan fingerprint density at radius 1 is 1.09 bits per heavy atom. The van der Waals surface area contributed by atoms with Crippen molar-refractivity contribution in [3.05, 3.63) is 130 Å². The number of anilines is 1. The number of thiophene rings is 1. The highest BCUT2D eigenvalue weighted by molar-refractivity contribution is 7.10. The highest BCUT2D eigenvalue weighted by atomic mass is 35.5. The van der Waals surface area contributed by atoms with Gasteiger partial charge in [-0.15, -0.1) is 11.3 Å². The molecule has 1 aliphatic heterocycles. The van der Waals surface area contributed by atoms with Crippen LogP contribution in [0.25, 0.3) is 17.4 Å². The van der Waals surface area contributed by atoms with Gasteiger partial charge in [-0.2, -0.15) is 0 Å². The van der Waals surface area contributed by atoms with Crippen LogP contribution in [0.5, 0.6) is 0 Å². The van der Waals surface area contributed by atoms with E-state index in [1.807, 2.05) is 35.7 Å². The van der Waals surface area contributed by atoms with E-state index in [0.717, 1.165) is 4.88 Å². The lowest BCUT2D eigenvalue weighted by Crippen LogP contribution is -2.40. The first-order chi connectivity index (χ1) is 21.2. The number of hydrogen-bond donors (Lipinski definition) is 1. The SMILES string of the molecule is CC1=C(C(=O)Nc2ccccc2)[C@H](c2cccs2)n2c(s/c(=C/c3ccc(-c4cc(Cl)ccc4C(=O)OC(C)C)o3)c2=O)=N1. The second kappa shape index (κ2) is 12.2. The van der Waals surface area contributed by atoms with Crippen molar-refractivity contribution in [1.29, 1.82) is 0 Å². The highest BCUT2D eigenvalue weighted by Crippen LogP contribution is 2.33. The predicted octanol–water partition coefficient (Wildman–Crippen LogP) is 6.41. The zero-order chi connectivity index (χ0) is 31.0. The topological polar surface area (TPSA) is 103 Å². The monoisotopic (exact) mass is 643 g/mol. The van der Waals surface area contributed by atoms with Crippen molar-refractivity contribution >= 4 is 57.9 Å². The fourth-order valence-electron chi connectivity index (χ4n) is 4.93. The molecule has 0 radical (unpaired) electrons. The summed E-state index contributed by atoms with van der Waals surface area (Å²) in [6.45, 7) is 5.33. The standard InChI is InChI=1S/C33H26ClN3O5S2/c1-18(2)41-32(40)23-13-11-20(34)16-24(23)25-14-12-22(42-25)17-27-31(39)37-29(26-10-7-15-43-26)28(19(3)35-33(37)44-27)30(38)36-21-8-5-4-6-9-21/h4-18,29H,1-3H3,(H,36,38)/b27-17+/t29-/m0/s1. The number of carbonyl (C=O) groups is 2. The minimum Gasteiger partial charge on any atom is -0.459 e. The van der Waals surface area contributed by atoms with Gasteiger partial charge in [0.15, 0.2) is 4.80 Å². The molecular weight excluding hydrogens is 618 g/mol. The Kier molecular flexibility index (Phi) is 8.22. The zero-order valence-corrected chi connectivity index (χ0v) is 26.3. The number of ether oxygens (including phenoxy) is 1. The number of amides is 1. The number of thiazole rings is 1. The van der Waals surface area contributed by atoms with E-state index in [-0.39, 0.29) is 17.6 Å². The maximum atomic E-state index is 13.9. The summed E-state index contributed by atoms with van der Waals surface area (Å²) in [5.41, 5.74) is 2.08. The molecule has 4 heterocycles. The van der Waals surface area contributed by atoms with Crippen LogP contribution < -0.4 is 20.2 Å². The van der Waals surface area contributed by atoms with Gasteiger partial charge in [0.2, 0.25) is 0 Å². The summed E-state index contributed by atoms with van der Waals surface area (Å²) < 4.78 is 13.4. The Labute approximate surface area is 265 Å². The number of benzene rings is 2. The summed E-state index contributed by atoms with van der Waals surface area (Å²) in [5.74, 6) is -0.0173. The lowest BCUT2D eigenvalue weighted by molar-refractivity contribution is -0.113. The van der Waals surface area contributed by atoms with E-state index in [4.69, 9.17) is 20.8 Å².